The molecule has 1 N–H and O–H groups in total. The van der Waals surface area contributed by atoms with Crippen molar-refractivity contribution in [3.05, 3.63) is 36.0 Å². The van der Waals surface area contributed by atoms with Gasteiger partial charge in [-0.25, -0.2) is 0 Å². The van der Waals surface area contributed by atoms with Crippen LogP contribution in [0.4, 0.5) is 0 Å². The van der Waals surface area contributed by atoms with Gasteiger partial charge in [-0.15, -0.1) is 0 Å². The van der Waals surface area contributed by atoms with Gasteiger partial charge in [-0.05, 0) is 23.1 Å². The van der Waals surface area contributed by atoms with Crippen molar-refractivity contribution in [1.82, 2.24) is 4.98 Å². The summed E-state index contributed by atoms with van der Waals surface area (Å²) in [4.78, 5) is 13.4. The monoisotopic (exact) mass is 160 g/mol. The number of nitrogens with one attached hydrogen (secondary N) is 1. The molecule has 0 aliphatic carbocycles. The first-order valence-corrected chi connectivity index (χ1v) is 3.56. The molecule has 60 valence electrons. The van der Waals surface area contributed by atoms with E-state index < -0.39 is 5.97 Å². The minimum absolute atomic E-state index is 0.199. The van der Waals surface area contributed by atoms with Crippen LogP contribution in [0.3, 0.4) is 0 Å². The minimum Gasteiger partial charge on any atom is -0.545 e. The number of hydrogen-bond donors (Lipinski definition) is 1. The number of hydrogen-bond acceptors (Lipinski definition) is 2. The highest BCUT2D eigenvalue weighted by Gasteiger charge is 1.96. The van der Waals surface area contributed by atoms with Gasteiger partial charge in [-0.3, -0.25) is 0 Å². The zero-order valence-electron chi connectivity index (χ0n) is 6.20. The molecule has 3 nitrogen and oxygen atoms in total. The van der Waals surface area contributed by atoms with Crippen molar-refractivity contribution in [3.8, 4) is 0 Å². The molecule has 1 heterocycles. The number of rotatable bonds is 1. The molecule has 1 aromatic heterocycles. The molecule has 0 unspecified atom stereocenters. The van der Waals surface area contributed by atoms with Crippen molar-refractivity contribution in [1.29, 1.82) is 0 Å². The SMILES string of the molecule is O=C([O-])c1ccc2cc[nH]c2c1. The highest BCUT2D eigenvalue weighted by molar-refractivity contribution is 5.92. The second kappa shape index (κ2) is 2.37. The Hall–Kier alpha value is -1.77. The number of carbonyl (C=O) groups excluding carboxylic acids is 1. The van der Waals surface area contributed by atoms with Gasteiger partial charge in [0.25, 0.3) is 0 Å². The van der Waals surface area contributed by atoms with Crippen molar-refractivity contribution in [3.63, 3.8) is 0 Å². The lowest BCUT2D eigenvalue weighted by molar-refractivity contribution is -0.255. The quantitative estimate of drug-likeness (QED) is 0.661. The average molecular weight is 160 g/mol. The van der Waals surface area contributed by atoms with E-state index in [0.717, 1.165) is 10.9 Å². The van der Waals surface area contributed by atoms with Gasteiger partial charge in [-0.2, -0.15) is 0 Å². The molecule has 0 aliphatic heterocycles. The molecule has 0 saturated carbocycles. The highest BCUT2D eigenvalue weighted by atomic mass is 16.4. The van der Waals surface area contributed by atoms with Gasteiger partial charge in [0.1, 0.15) is 0 Å². The summed E-state index contributed by atoms with van der Waals surface area (Å²) in [6.07, 6.45) is 1.77. The van der Waals surface area contributed by atoms with Gasteiger partial charge in [0.05, 0.1) is 5.97 Å². The van der Waals surface area contributed by atoms with E-state index in [0.29, 0.717) is 0 Å². The summed E-state index contributed by atoms with van der Waals surface area (Å²) in [7, 11) is 0. The van der Waals surface area contributed by atoms with Crippen LogP contribution in [0.25, 0.3) is 10.9 Å². The Balaban J connectivity index is 2.68. The molecule has 1 aromatic carbocycles. The molecule has 0 saturated heterocycles. The van der Waals surface area contributed by atoms with E-state index in [2.05, 4.69) is 4.98 Å². The topological polar surface area (TPSA) is 55.9 Å². The van der Waals surface area contributed by atoms with Crippen LogP contribution in [0.5, 0.6) is 0 Å². The summed E-state index contributed by atoms with van der Waals surface area (Å²) < 4.78 is 0. The Labute approximate surface area is 68.6 Å². The van der Waals surface area contributed by atoms with Crippen LogP contribution < -0.4 is 5.11 Å². The number of fused-ring (bicyclic) bond motifs is 1. The molecule has 12 heavy (non-hydrogen) atoms. The van der Waals surface area contributed by atoms with E-state index in [1.807, 2.05) is 6.07 Å². The maximum absolute atomic E-state index is 10.4. The smallest absolute Gasteiger partial charge is 0.0716 e. The molecular formula is C9H6NO2-. The lowest BCUT2D eigenvalue weighted by Crippen LogP contribution is -2.21. The van der Waals surface area contributed by atoms with Crippen molar-refractivity contribution in [2.24, 2.45) is 0 Å². The number of carboxylic acid groups (broad SMARTS) is 1. The summed E-state index contributed by atoms with van der Waals surface area (Å²) in [5.41, 5.74) is 1.02. The molecular weight excluding hydrogens is 154 g/mol. The zero-order chi connectivity index (χ0) is 8.55. The summed E-state index contributed by atoms with van der Waals surface area (Å²) in [5, 5.41) is 11.4. The molecule has 3 heteroatoms. The first-order chi connectivity index (χ1) is 5.77. The molecule has 0 atom stereocenters. The van der Waals surface area contributed by atoms with Crippen molar-refractivity contribution < 1.29 is 9.90 Å². The lowest BCUT2D eigenvalue weighted by Gasteiger charge is -2.00. The molecule has 0 amide bonds. The van der Waals surface area contributed by atoms with Crippen molar-refractivity contribution in [2.75, 3.05) is 0 Å². The molecule has 0 spiro atoms. The van der Waals surface area contributed by atoms with E-state index >= 15 is 0 Å². The van der Waals surface area contributed by atoms with Crippen LogP contribution in [0.15, 0.2) is 30.5 Å². The summed E-state index contributed by atoms with van der Waals surface area (Å²) in [5.74, 6) is -1.15. The normalized spacial score (nSPS) is 10.3. The van der Waals surface area contributed by atoms with Crippen LogP contribution in [0, 0.1) is 0 Å². The van der Waals surface area contributed by atoms with E-state index in [-0.39, 0.29) is 5.56 Å². The first kappa shape index (κ1) is 6.91. The number of aromatic nitrogens is 1. The van der Waals surface area contributed by atoms with Crippen LogP contribution in [0.2, 0.25) is 0 Å². The fourth-order valence-corrected chi connectivity index (χ4v) is 1.17. The van der Waals surface area contributed by atoms with Gasteiger partial charge >= 0.3 is 0 Å². The standard InChI is InChI=1S/C9H7NO2/c11-9(12)7-2-1-6-3-4-10-8(6)5-7/h1-5,10H,(H,11,12)/p-1. The summed E-state index contributed by atoms with van der Waals surface area (Å²) in [6.45, 7) is 0. The number of aromatic amines is 1. The second-order valence-corrected chi connectivity index (χ2v) is 2.57. The number of benzene rings is 1. The second-order valence-electron chi connectivity index (χ2n) is 2.57. The lowest BCUT2D eigenvalue weighted by atomic mass is 10.2. The zero-order valence-corrected chi connectivity index (χ0v) is 6.20. The van der Waals surface area contributed by atoms with E-state index in [4.69, 9.17) is 0 Å². The van der Waals surface area contributed by atoms with Crippen molar-refractivity contribution >= 4 is 16.9 Å². The average Bonchev–Trinajstić information content (AvgIpc) is 2.49. The number of aromatic carboxylic acids is 1. The number of carboxylic acids is 1. The largest absolute Gasteiger partial charge is 0.545 e. The maximum atomic E-state index is 10.4. The van der Waals surface area contributed by atoms with Crippen LogP contribution >= 0.6 is 0 Å². The fourth-order valence-electron chi connectivity index (χ4n) is 1.17. The van der Waals surface area contributed by atoms with Crippen LogP contribution in [-0.2, 0) is 0 Å². The fraction of sp³-hybridized carbons (Fsp3) is 0. The van der Waals surface area contributed by atoms with Crippen LogP contribution in [0.1, 0.15) is 10.4 Å². The third-order valence-electron chi connectivity index (χ3n) is 1.79. The van der Waals surface area contributed by atoms with Crippen molar-refractivity contribution in [2.45, 2.75) is 0 Å². The Morgan fingerprint density at radius 3 is 2.92 bits per heavy atom. The predicted octanol–water partition coefficient (Wildman–Crippen LogP) is 0.531. The van der Waals surface area contributed by atoms with E-state index in [1.54, 1.807) is 18.3 Å². The highest BCUT2D eigenvalue weighted by Crippen LogP contribution is 2.13. The van der Waals surface area contributed by atoms with Crippen LogP contribution in [-0.4, -0.2) is 11.0 Å². The van der Waals surface area contributed by atoms with Gasteiger partial charge in [0, 0.05) is 11.7 Å². The van der Waals surface area contributed by atoms with Gasteiger partial charge in [0.15, 0.2) is 0 Å². The Bertz CT molecular complexity index is 431. The van der Waals surface area contributed by atoms with Gasteiger partial charge < -0.3 is 14.9 Å². The molecule has 2 aromatic rings. The minimum atomic E-state index is -1.15. The number of H-pyrrole nitrogens is 1. The summed E-state index contributed by atoms with van der Waals surface area (Å²) in [6, 6.07) is 6.72. The Morgan fingerprint density at radius 1 is 1.33 bits per heavy atom. The molecule has 0 aliphatic rings. The third-order valence-corrected chi connectivity index (χ3v) is 1.79. The Morgan fingerprint density at radius 2 is 2.17 bits per heavy atom. The summed E-state index contributed by atoms with van der Waals surface area (Å²) >= 11 is 0. The Kier molecular flexibility index (Phi) is 1.37. The molecule has 0 bridgehead atoms. The predicted molar refractivity (Wildman–Crippen MR) is 42.6 cm³/mol. The van der Waals surface area contributed by atoms with Gasteiger partial charge in [-0.1, -0.05) is 12.1 Å². The molecule has 2 rings (SSSR count). The third kappa shape index (κ3) is 0.955. The number of carbonyl (C=O) groups is 1. The van der Waals surface area contributed by atoms with E-state index in [1.165, 1.54) is 6.07 Å². The van der Waals surface area contributed by atoms with Gasteiger partial charge in [0.2, 0.25) is 0 Å². The molecule has 0 fully saturated rings. The first-order valence-electron chi connectivity index (χ1n) is 3.56. The molecule has 0 radical (unpaired) electrons. The maximum Gasteiger partial charge on any atom is 0.0716 e. The van der Waals surface area contributed by atoms with E-state index in [9.17, 15) is 9.90 Å².